The summed E-state index contributed by atoms with van der Waals surface area (Å²) in [6.45, 7) is 7.62. The SMILES string of the molecule is CCOc1cc2c(cc1O)CC[C@@H]1[C@@H]2CC[C@]2(C)[C@@H]([C@H](C)CO)CC[C@@H]12. The van der Waals surface area contributed by atoms with E-state index in [4.69, 9.17) is 4.74 Å². The van der Waals surface area contributed by atoms with Crippen LogP contribution in [0.25, 0.3) is 0 Å². The van der Waals surface area contributed by atoms with Gasteiger partial charge in [-0.25, -0.2) is 0 Å². The molecule has 0 radical (unpaired) electrons. The summed E-state index contributed by atoms with van der Waals surface area (Å²) in [7, 11) is 0. The minimum absolute atomic E-state index is 0.294. The molecule has 4 rings (SSSR count). The minimum atomic E-state index is 0.294. The molecule has 3 heteroatoms. The second-order valence-electron chi connectivity index (χ2n) is 9.26. The minimum Gasteiger partial charge on any atom is -0.504 e. The molecule has 1 aromatic rings. The molecule has 0 amide bonds. The fourth-order valence-electron chi connectivity index (χ4n) is 6.96. The Labute approximate surface area is 157 Å². The molecule has 2 fully saturated rings. The number of aromatic hydroxyl groups is 1. The Kier molecular flexibility index (Phi) is 4.71. The third-order valence-corrected chi connectivity index (χ3v) is 8.15. The zero-order chi connectivity index (χ0) is 18.5. The predicted molar refractivity (Wildman–Crippen MR) is 104 cm³/mol. The summed E-state index contributed by atoms with van der Waals surface area (Å²) in [5, 5.41) is 20.0. The van der Waals surface area contributed by atoms with E-state index in [2.05, 4.69) is 19.9 Å². The number of hydrogen-bond donors (Lipinski definition) is 2. The van der Waals surface area contributed by atoms with E-state index < -0.39 is 0 Å². The summed E-state index contributed by atoms with van der Waals surface area (Å²) in [5.41, 5.74) is 3.15. The molecule has 3 aliphatic rings. The Bertz CT molecular complexity index is 670. The highest BCUT2D eigenvalue weighted by Crippen LogP contribution is 2.64. The van der Waals surface area contributed by atoms with E-state index in [1.807, 2.05) is 13.0 Å². The van der Waals surface area contributed by atoms with Crippen molar-refractivity contribution in [1.82, 2.24) is 0 Å². The lowest BCUT2D eigenvalue weighted by atomic mass is 9.53. The van der Waals surface area contributed by atoms with Gasteiger partial charge in [-0.1, -0.05) is 13.8 Å². The maximum Gasteiger partial charge on any atom is 0.161 e. The van der Waals surface area contributed by atoms with Gasteiger partial charge in [0.2, 0.25) is 0 Å². The first-order valence-corrected chi connectivity index (χ1v) is 10.6. The molecule has 26 heavy (non-hydrogen) atoms. The smallest absolute Gasteiger partial charge is 0.161 e. The highest BCUT2D eigenvalue weighted by atomic mass is 16.5. The summed E-state index contributed by atoms with van der Waals surface area (Å²) >= 11 is 0. The van der Waals surface area contributed by atoms with Gasteiger partial charge in [0.05, 0.1) is 6.61 Å². The Morgan fingerprint density at radius 1 is 1.23 bits per heavy atom. The highest BCUT2D eigenvalue weighted by Gasteiger charge is 2.55. The standard InChI is InChI=1S/C23H34O3/c1-4-26-22-12-18-15(11-21(22)25)5-6-17-16(18)9-10-23(3)19(14(2)13-24)7-8-20(17)23/h11-12,14,16-17,19-20,24-25H,4-10,13H2,1-3H3/t14-,16+,17-,19-,20+,23-/m1/s1. The average molecular weight is 359 g/mol. The van der Waals surface area contributed by atoms with Crippen molar-refractivity contribution in [1.29, 1.82) is 0 Å². The van der Waals surface area contributed by atoms with Crippen LogP contribution >= 0.6 is 0 Å². The van der Waals surface area contributed by atoms with Gasteiger partial charge in [0.1, 0.15) is 0 Å². The van der Waals surface area contributed by atoms with Gasteiger partial charge in [0, 0.05) is 6.61 Å². The van der Waals surface area contributed by atoms with Crippen LogP contribution in [0.3, 0.4) is 0 Å². The second kappa shape index (κ2) is 6.74. The van der Waals surface area contributed by atoms with Crippen LogP contribution in [0, 0.1) is 29.1 Å². The van der Waals surface area contributed by atoms with E-state index in [0.717, 1.165) is 18.3 Å². The summed E-state index contributed by atoms with van der Waals surface area (Å²) in [5.74, 6) is 4.16. The van der Waals surface area contributed by atoms with Crippen molar-refractivity contribution < 1.29 is 14.9 Å². The number of benzene rings is 1. The van der Waals surface area contributed by atoms with Crippen LogP contribution in [0.5, 0.6) is 11.5 Å². The number of rotatable bonds is 4. The Morgan fingerprint density at radius 3 is 2.77 bits per heavy atom. The zero-order valence-corrected chi connectivity index (χ0v) is 16.5. The predicted octanol–water partition coefficient (Wildman–Crippen LogP) is 4.89. The summed E-state index contributed by atoms with van der Waals surface area (Å²) < 4.78 is 5.67. The third-order valence-electron chi connectivity index (χ3n) is 8.15. The number of ether oxygens (including phenoxy) is 1. The van der Waals surface area contributed by atoms with Gasteiger partial charge in [0.25, 0.3) is 0 Å². The van der Waals surface area contributed by atoms with Crippen LogP contribution < -0.4 is 4.74 Å². The van der Waals surface area contributed by atoms with Crippen molar-refractivity contribution in [3.05, 3.63) is 23.3 Å². The van der Waals surface area contributed by atoms with Gasteiger partial charge in [-0.15, -0.1) is 0 Å². The largest absolute Gasteiger partial charge is 0.504 e. The van der Waals surface area contributed by atoms with Crippen molar-refractivity contribution in [3.63, 3.8) is 0 Å². The molecule has 0 heterocycles. The first kappa shape index (κ1) is 18.2. The number of aryl methyl sites for hydroxylation is 1. The number of fused-ring (bicyclic) bond motifs is 5. The molecule has 2 N–H and O–H groups in total. The van der Waals surface area contributed by atoms with E-state index in [1.54, 1.807) is 0 Å². The molecule has 1 aromatic carbocycles. The molecule has 2 saturated carbocycles. The molecular weight excluding hydrogens is 324 g/mol. The van der Waals surface area contributed by atoms with Crippen molar-refractivity contribution in [2.45, 2.75) is 65.2 Å². The number of phenolic OH excluding ortho intramolecular Hbond substituents is 1. The molecule has 3 aliphatic carbocycles. The average Bonchev–Trinajstić information content (AvgIpc) is 2.99. The molecule has 0 unspecified atom stereocenters. The Hall–Kier alpha value is -1.22. The molecule has 0 bridgehead atoms. The van der Waals surface area contributed by atoms with Crippen molar-refractivity contribution >= 4 is 0 Å². The van der Waals surface area contributed by atoms with Crippen LogP contribution in [0.2, 0.25) is 0 Å². The third kappa shape index (κ3) is 2.66. The normalized spacial score (nSPS) is 36.8. The van der Waals surface area contributed by atoms with Gasteiger partial charge in [-0.3, -0.25) is 0 Å². The fourth-order valence-corrected chi connectivity index (χ4v) is 6.96. The molecule has 144 valence electrons. The van der Waals surface area contributed by atoms with Crippen LogP contribution in [0.4, 0.5) is 0 Å². The topological polar surface area (TPSA) is 49.7 Å². The van der Waals surface area contributed by atoms with E-state index in [1.165, 1.54) is 43.2 Å². The molecule has 0 aromatic heterocycles. The van der Waals surface area contributed by atoms with Crippen LogP contribution in [-0.4, -0.2) is 23.4 Å². The maximum absolute atomic E-state index is 10.3. The Balaban J connectivity index is 1.65. The van der Waals surface area contributed by atoms with Crippen molar-refractivity contribution in [2.24, 2.45) is 29.1 Å². The molecule has 3 nitrogen and oxygen atoms in total. The monoisotopic (exact) mass is 358 g/mol. The molecule has 6 atom stereocenters. The summed E-state index contributed by atoms with van der Waals surface area (Å²) in [4.78, 5) is 0. The number of hydrogen-bond acceptors (Lipinski definition) is 3. The Morgan fingerprint density at radius 2 is 2.04 bits per heavy atom. The first-order chi connectivity index (χ1) is 12.5. The van der Waals surface area contributed by atoms with Gasteiger partial charge in [0.15, 0.2) is 11.5 Å². The lowest BCUT2D eigenvalue weighted by Gasteiger charge is -2.52. The van der Waals surface area contributed by atoms with Crippen LogP contribution in [0.15, 0.2) is 12.1 Å². The van der Waals surface area contributed by atoms with Crippen molar-refractivity contribution in [2.75, 3.05) is 13.2 Å². The second-order valence-corrected chi connectivity index (χ2v) is 9.26. The summed E-state index contributed by atoms with van der Waals surface area (Å²) in [6, 6.07) is 4.09. The number of aliphatic hydroxyl groups excluding tert-OH is 1. The lowest BCUT2D eigenvalue weighted by Crippen LogP contribution is -2.43. The molecular formula is C23H34O3. The maximum atomic E-state index is 10.3. The van der Waals surface area contributed by atoms with E-state index in [0.29, 0.717) is 47.9 Å². The van der Waals surface area contributed by atoms with Crippen molar-refractivity contribution in [3.8, 4) is 11.5 Å². The van der Waals surface area contributed by atoms with Gasteiger partial charge in [-0.05, 0) is 104 Å². The van der Waals surface area contributed by atoms with Gasteiger partial charge in [-0.2, -0.15) is 0 Å². The first-order valence-electron chi connectivity index (χ1n) is 10.6. The van der Waals surface area contributed by atoms with Gasteiger partial charge < -0.3 is 14.9 Å². The summed E-state index contributed by atoms with van der Waals surface area (Å²) in [6.07, 6.45) is 7.40. The van der Waals surface area contributed by atoms with Crippen LogP contribution in [0.1, 0.15) is 69.9 Å². The molecule has 0 aliphatic heterocycles. The lowest BCUT2D eigenvalue weighted by molar-refractivity contribution is 0.00152. The van der Waals surface area contributed by atoms with E-state index >= 15 is 0 Å². The van der Waals surface area contributed by atoms with Crippen LogP contribution in [-0.2, 0) is 6.42 Å². The fraction of sp³-hybridized carbons (Fsp3) is 0.739. The van der Waals surface area contributed by atoms with Gasteiger partial charge >= 0.3 is 0 Å². The number of phenols is 1. The zero-order valence-electron chi connectivity index (χ0n) is 16.5. The molecule has 0 saturated heterocycles. The highest BCUT2D eigenvalue weighted by molar-refractivity contribution is 5.49. The van der Waals surface area contributed by atoms with E-state index in [-0.39, 0.29) is 0 Å². The number of aliphatic hydroxyl groups is 1. The molecule has 0 spiro atoms. The quantitative estimate of drug-likeness (QED) is 0.805. The van der Waals surface area contributed by atoms with E-state index in [9.17, 15) is 10.2 Å².